The average Bonchev–Trinajstić information content (AvgIpc) is 3.33. The summed E-state index contributed by atoms with van der Waals surface area (Å²) in [6.07, 6.45) is 24.5. The van der Waals surface area contributed by atoms with Crippen LogP contribution in [0.15, 0.2) is 188 Å². The van der Waals surface area contributed by atoms with E-state index in [1.54, 1.807) is 0 Å². The van der Waals surface area contributed by atoms with E-state index < -0.39 is 0 Å². The van der Waals surface area contributed by atoms with Crippen LogP contribution in [0.4, 0.5) is 17.1 Å². The topological polar surface area (TPSA) is 3.24 Å². The molecule has 0 spiro atoms. The molecule has 0 aromatic heterocycles. The second-order valence-corrected chi connectivity index (χ2v) is 14.0. The predicted molar refractivity (Wildman–Crippen MR) is 218 cm³/mol. The highest BCUT2D eigenvalue weighted by molar-refractivity contribution is 6.04. The minimum atomic E-state index is 0.287. The van der Waals surface area contributed by atoms with Crippen LogP contribution >= 0.6 is 0 Å². The van der Waals surface area contributed by atoms with Crippen LogP contribution in [-0.2, 0) is 0 Å². The minimum absolute atomic E-state index is 0.287. The van der Waals surface area contributed by atoms with Crippen LogP contribution in [0.1, 0.15) is 53.9 Å². The number of nitrogens with zero attached hydrogens (tertiary/aromatic N) is 1. The Labute approximate surface area is 302 Å². The van der Waals surface area contributed by atoms with Gasteiger partial charge in [0.25, 0.3) is 0 Å². The van der Waals surface area contributed by atoms with E-state index in [0.29, 0.717) is 11.8 Å². The summed E-state index contributed by atoms with van der Waals surface area (Å²) < 4.78 is 0. The minimum Gasteiger partial charge on any atom is -0.310 e. The molecule has 0 radical (unpaired) electrons. The summed E-state index contributed by atoms with van der Waals surface area (Å²) in [7, 11) is 0. The Balaban J connectivity index is 1.28. The number of fused-ring (bicyclic) bond motifs is 4. The van der Waals surface area contributed by atoms with Crippen LogP contribution in [0, 0.1) is 5.92 Å². The molecule has 0 saturated heterocycles. The lowest BCUT2D eigenvalue weighted by atomic mass is 9.72. The van der Waals surface area contributed by atoms with Crippen molar-refractivity contribution in [3.8, 4) is 22.3 Å². The molecule has 1 nitrogen and oxygen atoms in total. The van der Waals surface area contributed by atoms with Crippen molar-refractivity contribution in [3.05, 3.63) is 210 Å². The Morgan fingerprint density at radius 2 is 1.37 bits per heavy atom. The van der Waals surface area contributed by atoms with Crippen molar-refractivity contribution in [2.45, 2.75) is 31.6 Å². The van der Waals surface area contributed by atoms with Crippen molar-refractivity contribution in [2.24, 2.45) is 5.92 Å². The molecule has 4 aliphatic carbocycles. The molecule has 0 heterocycles. The molecule has 51 heavy (non-hydrogen) atoms. The third kappa shape index (κ3) is 5.32. The van der Waals surface area contributed by atoms with Gasteiger partial charge in [-0.05, 0) is 111 Å². The molecule has 0 N–H and O–H groups in total. The van der Waals surface area contributed by atoms with Gasteiger partial charge in [0, 0.05) is 34.8 Å². The maximum atomic E-state index is 4.10. The van der Waals surface area contributed by atoms with Crippen molar-refractivity contribution in [1.82, 2.24) is 0 Å². The number of hydrogen-bond acceptors (Lipinski definition) is 1. The van der Waals surface area contributed by atoms with Crippen LogP contribution in [0.25, 0.3) is 33.4 Å². The molecule has 9 rings (SSSR count). The standard InChI is InChI=1S/C50H41N/c1-3-4-20-44-43-32-31-39(33-47(43)50-40-24-15-25-46(50)42-22-11-12-23-45(42)49(44)34(40)2)51(38-29-27-36(28-30-38)35-16-7-5-8-17-35)48-26-14-13-21-41(48)37-18-9-6-10-19-37/h3,5-18,20-33,37,42,45H,1,4,19H2,2H3/b44-20-/t37?,42-,45?/m0/s1. The zero-order valence-corrected chi connectivity index (χ0v) is 29.0. The third-order valence-corrected chi connectivity index (χ3v) is 11.1. The summed E-state index contributed by atoms with van der Waals surface area (Å²) >= 11 is 0. The van der Waals surface area contributed by atoms with Crippen molar-refractivity contribution >= 4 is 28.2 Å². The van der Waals surface area contributed by atoms with E-state index in [0.717, 1.165) is 24.2 Å². The number of benzene rings is 5. The fraction of sp³-hybridized carbons (Fsp3) is 0.120. The number of allylic oxidation sites excluding steroid dienone is 13. The first-order valence-electron chi connectivity index (χ1n) is 18.2. The van der Waals surface area contributed by atoms with Gasteiger partial charge in [-0.25, -0.2) is 0 Å². The van der Waals surface area contributed by atoms with Crippen LogP contribution in [0.5, 0.6) is 0 Å². The van der Waals surface area contributed by atoms with Crippen molar-refractivity contribution in [3.63, 3.8) is 0 Å². The summed E-state index contributed by atoms with van der Waals surface area (Å²) in [5, 5.41) is 0. The molecule has 4 aliphatic rings. The molecule has 1 heteroatoms. The largest absolute Gasteiger partial charge is 0.310 e. The molecule has 2 unspecified atom stereocenters. The van der Waals surface area contributed by atoms with Crippen molar-refractivity contribution in [2.75, 3.05) is 4.90 Å². The summed E-state index contributed by atoms with van der Waals surface area (Å²) in [5.74, 6) is 0.887. The number of para-hydroxylation sites is 1. The van der Waals surface area contributed by atoms with Gasteiger partial charge in [0.05, 0.1) is 0 Å². The Hall–Kier alpha value is -5.92. The Kier molecular flexibility index (Phi) is 7.97. The number of anilines is 3. The van der Waals surface area contributed by atoms with Crippen LogP contribution in [-0.4, -0.2) is 0 Å². The highest BCUT2D eigenvalue weighted by Crippen LogP contribution is 2.56. The fourth-order valence-corrected chi connectivity index (χ4v) is 8.77. The van der Waals surface area contributed by atoms with Gasteiger partial charge in [0.2, 0.25) is 0 Å². The Morgan fingerprint density at radius 1 is 0.647 bits per heavy atom. The molecule has 246 valence electrons. The third-order valence-electron chi connectivity index (χ3n) is 11.1. The van der Waals surface area contributed by atoms with Crippen LogP contribution < -0.4 is 4.90 Å². The molecule has 0 saturated carbocycles. The van der Waals surface area contributed by atoms with E-state index in [1.807, 2.05) is 6.08 Å². The zero-order chi connectivity index (χ0) is 34.3. The smallest absolute Gasteiger partial charge is 0.0499 e. The second kappa shape index (κ2) is 13.1. The van der Waals surface area contributed by atoms with E-state index in [-0.39, 0.29) is 5.92 Å². The van der Waals surface area contributed by atoms with E-state index in [4.69, 9.17) is 0 Å². The molecule has 4 bridgehead atoms. The second-order valence-electron chi connectivity index (χ2n) is 14.0. The fourth-order valence-electron chi connectivity index (χ4n) is 8.77. The Morgan fingerprint density at radius 3 is 2.18 bits per heavy atom. The zero-order valence-electron chi connectivity index (χ0n) is 29.0. The summed E-state index contributed by atoms with van der Waals surface area (Å²) in [5.41, 5.74) is 18.2. The highest BCUT2D eigenvalue weighted by Gasteiger charge is 2.38. The van der Waals surface area contributed by atoms with Gasteiger partial charge in [-0.2, -0.15) is 0 Å². The summed E-state index contributed by atoms with van der Waals surface area (Å²) in [6, 6.07) is 42.9. The van der Waals surface area contributed by atoms with Gasteiger partial charge in [-0.15, -0.1) is 6.58 Å². The van der Waals surface area contributed by atoms with Gasteiger partial charge in [0.15, 0.2) is 0 Å². The monoisotopic (exact) mass is 655 g/mol. The lowest BCUT2D eigenvalue weighted by Gasteiger charge is -2.33. The van der Waals surface area contributed by atoms with Gasteiger partial charge >= 0.3 is 0 Å². The maximum absolute atomic E-state index is 4.10. The van der Waals surface area contributed by atoms with Crippen LogP contribution in [0.2, 0.25) is 0 Å². The summed E-state index contributed by atoms with van der Waals surface area (Å²) in [6.45, 7) is 6.44. The molecule has 5 aromatic carbocycles. The van der Waals surface area contributed by atoms with Gasteiger partial charge in [-0.1, -0.05) is 146 Å². The van der Waals surface area contributed by atoms with Gasteiger partial charge in [0.1, 0.15) is 0 Å². The lowest BCUT2D eigenvalue weighted by Crippen LogP contribution is -2.17. The number of hydrogen-bond donors (Lipinski definition) is 0. The van der Waals surface area contributed by atoms with Gasteiger partial charge < -0.3 is 4.90 Å². The highest BCUT2D eigenvalue weighted by atomic mass is 15.1. The first-order valence-corrected chi connectivity index (χ1v) is 18.2. The normalized spacial score (nSPS) is 20.2. The van der Waals surface area contributed by atoms with E-state index in [2.05, 4.69) is 188 Å². The molecular formula is C50H41N. The predicted octanol–water partition coefficient (Wildman–Crippen LogP) is 13.7. The summed E-state index contributed by atoms with van der Waals surface area (Å²) in [4.78, 5) is 2.48. The SMILES string of the molecule is C=CC/C=C1\C2=C(C)c3cccc(c3-c3cc(N(c4ccc(-c5ccccc5)cc4)c4ccccc4C4C=CC=CC4)ccc31)[C@H]1C=CC=CC21. The van der Waals surface area contributed by atoms with Crippen LogP contribution in [0.3, 0.4) is 0 Å². The van der Waals surface area contributed by atoms with E-state index in [9.17, 15) is 0 Å². The van der Waals surface area contributed by atoms with Crippen molar-refractivity contribution < 1.29 is 0 Å². The quantitative estimate of drug-likeness (QED) is 0.158. The lowest BCUT2D eigenvalue weighted by molar-refractivity contribution is 0.682. The van der Waals surface area contributed by atoms with Gasteiger partial charge in [-0.3, -0.25) is 0 Å². The molecule has 0 amide bonds. The van der Waals surface area contributed by atoms with Crippen molar-refractivity contribution in [1.29, 1.82) is 0 Å². The van der Waals surface area contributed by atoms with E-state index in [1.165, 1.54) is 66.9 Å². The molecule has 3 atom stereocenters. The first kappa shape index (κ1) is 31.1. The maximum Gasteiger partial charge on any atom is 0.0499 e. The average molecular weight is 656 g/mol. The molecule has 5 aromatic rings. The van der Waals surface area contributed by atoms with E-state index >= 15 is 0 Å². The molecule has 0 fully saturated rings. The molecular weight excluding hydrogens is 615 g/mol. The molecule has 0 aliphatic heterocycles. The number of rotatable bonds is 7. The first-order chi connectivity index (χ1) is 25.2. The Bertz CT molecular complexity index is 2340.